The molecule has 0 saturated heterocycles. The first-order valence-electron chi connectivity index (χ1n) is 5.84. The first-order chi connectivity index (χ1) is 8.65. The van der Waals surface area contributed by atoms with Gasteiger partial charge in [-0.05, 0) is 20.3 Å². The zero-order valence-electron chi connectivity index (χ0n) is 10.6. The number of nitrogen functional groups attached to an aromatic ring is 1. The molecule has 0 bridgehead atoms. The number of nitrogens with two attached hydrogens (primary N) is 1. The molecule has 0 aliphatic carbocycles. The van der Waals surface area contributed by atoms with Crippen LogP contribution in [-0.4, -0.2) is 21.7 Å². The summed E-state index contributed by atoms with van der Waals surface area (Å²) in [6.45, 7) is 6.45. The number of aryl methyl sites for hydroxylation is 1. The van der Waals surface area contributed by atoms with E-state index in [-0.39, 0.29) is 6.10 Å². The average Bonchev–Trinajstić information content (AvgIpc) is 2.92. The molecular formula is C11H16N4O2S. The fourth-order valence-corrected chi connectivity index (χ4v) is 2.41. The van der Waals surface area contributed by atoms with E-state index in [0.29, 0.717) is 23.5 Å². The minimum absolute atomic E-state index is 0.127. The van der Waals surface area contributed by atoms with E-state index in [1.807, 2.05) is 20.8 Å². The van der Waals surface area contributed by atoms with Crippen molar-refractivity contribution in [1.29, 1.82) is 0 Å². The summed E-state index contributed by atoms with van der Waals surface area (Å²) < 4.78 is 10.8. The molecule has 2 rings (SSSR count). The normalized spacial score (nSPS) is 12.8. The molecule has 18 heavy (non-hydrogen) atoms. The maximum atomic E-state index is 5.65. The molecule has 7 heteroatoms. The number of anilines is 1. The average molecular weight is 268 g/mol. The van der Waals surface area contributed by atoms with Crippen LogP contribution in [0.1, 0.15) is 37.9 Å². The summed E-state index contributed by atoms with van der Waals surface area (Å²) in [5, 5.41) is 4.46. The van der Waals surface area contributed by atoms with Gasteiger partial charge in [0, 0.05) is 6.61 Å². The summed E-state index contributed by atoms with van der Waals surface area (Å²) >= 11 is 1.34. The van der Waals surface area contributed by atoms with Crippen molar-refractivity contribution in [2.45, 2.75) is 33.3 Å². The van der Waals surface area contributed by atoms with Gasteiger partial charge in [0.05, 0.1) is 5.69 Å². The Bertz CT molecular complexity index is 523. The Labute approximate surface area is 109 Å². The van der Waals surface area contributed by atoms with E-state index in [0.717, 1.165) is 17.0 Å². The van der Waals surface area contributed by atoms with E-state index in [1.165, 1.54) is 11.3 Å². The first-order valence-corrected chi connectivity index (χ1v) is 6.65. The van der Waals surface area contributed by atoms with Crippen LogP contribution in [0.3, 0.4) is 0 Å². The molecule has 2 aromatic heterocycles. The zero-order chi connectivity index (χ0) is 13.1. The van der Waals surface area contributed by atoms with Gasteiger partial charge in [-0.25, -0.2) is 4.98 Å². The Morgan fingerprint density at radius 2 is 2.17 bits per heavy atom. The molecule has 2 heterocycles. The van der Waals surface area contributed by atoms with Crippen LogP contribution in [-0.2, 0) is 4.74 Å². The van der Waals surface area contributed by atoms with Crippen LogP contribution in [0.4, 0.5) is 5.13 Å². The van der Waals surface area contributed by atoms with Crippen molar-refractivity contribution in [2.24, 2.45) is 0 Å². The minimum Gasteiger partial charge on any atom is -0.375 e. The van der Waals surface area contributed by atoms with Crippen molar-refractivity contribution in [2.75, 3.05) is 12.3 Å². The number of nitrogens with zero attached hydrogens (tertiary/aromatic N) is 3. The number of hydrogen-bond donors (Lipinski definition) is 1. The quantitative estimate of drug-likeness (QED) is 0.896. The molecule has 98 valence electrons. The van der Waals surface area contributed by atoms with Gasteiger partial charge in [-0.3, -0.25) is 0 Å². The Kier molecular flexibility index (Phi) is 3.93. The number of ether oxygens (including phenoxy) is 1. The Hall–Kier alpha value is -1.47. The summed E-state index contributed by atoms with van der Waals surface area (Å²) in [7, 11) is 0. The predicted octanol–water partition coefficient (Wildman–Crippen LogP) is 2.57. The van der Waals surface area contributed by atoms with Crippen molar-refractivity contribution in [1.82, 2.24) is 15.1 Å². The summed E-state index contributed by atoms with van der Waals surface area (Å²) in [5.41, 5.74) is 6.45. The SMILES string of the molecule is CCOC(CC)c1noc(-c2sc(N)nc2C)n1. The van der Waals surface area contributed by atoms with Gasteiger partial charge in [-0.2, -0.15) is 4.98 Å². The monoisotopic (exact) mass is 268 g/mol. The molecule has 6 nitrogen and oxygen atoms in total. The molecule has 0 spiro atoms. The molecule has 0 aromatic carbocycles. The third-order valence-electron chi connectivity index (χ3n) is 2.48. The molecule has 0 aliphatic heterocycles. The van der Waals surface area contributed by atoms with E-state index >= 15 is 0 Å². The minimum atomic E-state index is -0.127. The maximum absolute atomic E-state index is 5.65. The molecule has 0 saturated carbocycles. The molecule has 0 amide bonds. The molecule has 1 atom stereocenters. The van der Waals surface area contributed by atoms with Crippen LogP contribution >= 0.6 is 11.3 Å². The van der Waals surface area contributed by atoms with Gasteiger partial charge in [0.1, 0.15) is 11.0 Å². The largest absolute Gasteiger partial charge is 0.375 e. The van der Waals surface area contributed by atoms with Crippen molar-refractivity contribution in [3.8, 4) is 10.8 Å². The van der Waals surface area contributed by atoms with E-state index in [2.05, 4.69) is 15.1 Å². The Balaban J connectivity index is 2.27. The Morgan fingerprint density at radius 3 is 2.72 bits per heavy atom. The van der Waals surface area contributed by atoms with Crippen LogP contribution in [0.2, 0.25) is 0 Å². The maximum Gasteiger partial charge on any atom is 0.270 e. The van der Waals surface area contributed by atoms with Gasteiger partial charge < -0.3 is 15.0 Å². The lowest BCUT2D eigenvalue weighted by Gasteiger charge is -2.09. The highest BCUT2D eigenvalue weighted by atomic mass is 32.1. The van der Waals surface area contributed by atoms with Crippen molar-refractivity contribution in [3.63, 3.8) is 0 Å². The number of hydrogen-bond acceptors (Lipinski definition) is 7. The molecule has 2 aromatic rings. The van der Waals surface area contributed by atoms with Crippen LogP contribution in [0.25, 0.3) is 10.8 Å². The highest BCUT2D eigenvalue weighted by Crippen LogP contribution is 2.31. The number of aromatic nitrogens is 3. The lowest BCUT2D eigenvalue weighted by Crippen LogP contribution is -2.04. The van der Waals surface area contributed by atoms with E-state index < -0.39 is 0 Å². The van der Waals surface area contributed by atoms with Gasteiger partial charge in [0.15, 0.2) is 5.13 Å². The Morgan fingerprint density at radius 1 is 1.39 bits per heavy atom. The fraction of sp³-hybridized carbons (Fsp3) is 0.545. The number of thiazole rings is 1. The second-order valence-corrected chi connectivity index (χ2v) is 4.81. The van der Waals surface area contributed by atoms with Crippen LogP contribution in [0.5, 0.6) is 0 Å². The summed E-state index contributed by atoms with van der Waals surface area (Å²) in [5.74, 6) is 1.02. The third kappa shape index (κ3) is 2.51. The van der Waals surface area contributed by atoms with Gasteiger partial charge in [-0.1, -0.05) is 23.4 Å². The van der Waals surface area contributed by atoms with E-state index in [4.69, 9.17) is 15.0 Å². The lowest BCUT2D eigenvalue weighted by molar-refractivity contribution is 0.0518. The van der Waals surface area contributed by atoms with Gasteiger partial charge >= 0.3 is 0 Å². The molecule has 1 unspecified atom stereocenters. The molecule has 2 N–H and O–H groups in total. The number of rotatable bonds is 5. The third-order valence-corrected chi connectivity index (χ3v) is 3.45. The summed E-state index contributed by atoms with van der Waals surface area (Å²) in [4.78, 5) is 9.31. The summed E-state index contributed by atoms with van der Waals surface area (Å²) in [6, 6.07) is 0. The van der Waals surface area contributed by atoms with E-state index in [9.17, 15) is 0 Å². The highest BCUT2D eigenvalue weighted by Gasteiger charge is 2.20. The molecule has 0 fully saturated rings. The van der Waals surface area contributed by atoms with Crippen LogP contribution in [0.15, 0.2) is 4.52 Å². The lowest BCUT2D eigenvalue weighted by atomic mass is 10.2. The first kappa shape index (κ1) is 13.0. The van der Waals surface area contributed by atoms with Gasteiger partial charge in [0.25, 0.3) is 5.89 Å². The fourth-order valence-electron chi connectivity index (χ4n) is 1.65. The zero-order valence-corrected chi connectivity index (χ0v) is 11.5. The van der Waals surface area contributed by atoms with Crippen molar-refractivity contribution in [3.05, 3.63) is 11.5 Å². The van der Waals surface area contributed by atoms with Crippen molar-refractivity contribution >= 4 is 16.5 Å². The van der Waals surface area contributed by atoms with Crippen LogP contribution < -0.4 is 5.73 Å². The van der Waals surface area contributed by atoms with E-state index in [1.54, 1.807) is 0 Å². The standard InChI is InChI=1S/C11H16N4O2S/c1-4-7(16-5-2)9-14-10(17-15-9)8-6(3)13-11(12)18-8/h7H,4-5H2,1-3H3,(H2,12,13). The molecular weight excluding hydrogens is 252 g/mol. The van der Waals surface area contributed by atoms with Gasteiger partial charge in [-0.15, -0.1) is 0 Å². The van der Waals surface area contributed by atoms with Gasteiger partial charge in [0.2, 0.25) is 5.82 Å². The molecule has 0 radical (unpaired) electrons. The topological polar surface area (TPSA) is 87.1 Å². The molecule has 0 aliphatic rings. The second-order valence-electron chi connectivity index (χ2n) is 3.78. The second kappa shape index (κ2) is 5.45. The highest BCUT2D eigenvalue weighted by molar-refractivity contribution is 7.18. The predicted molar refractivity (Wildman–Crippen MR) is 69.2 cm³/mol. The van der Waals surface area contributed by atoms with Crippen LogP contribution in [0, 0.1) is 6.92 Å². The van der Waals surface area contributed by atoms with Crippen molar-refractivity contribution < 1.29 is 9.26 Å². The smallest absolute Gasteiger partial charge is 0.270 e. The summed E-state index contributed by atoms with van der Waals surface area (Å²) in [6.07, 6.45) is 0.675.